The number of aryl methyl sites for hydroxylation is 1. The van der Waals surface area contributed by atoms with Crippen LogP contribution in [-0.2, 0) is 29.0 Å². The van der Waals surface area contributed by atoms with E-state index in [0.29, 0.717) is 0 Å². The molecule has 9 nitrogen and oxygen atoms in total. The molecule has 0 unspecified atom stereocenters. The zero-order chi connectivity index (χ0) is 23.8. The third-order valence-electron chi connectivity index (χ3n) is 4.80. The number of hydrogen-bond donors (Lipinski definition) is 3. The van der Waals surface area contributed by atoms with Crippen molar-refractivity contribution in [2.75, 3.05) is 6.61 Å². The van der Waals surface area contributed by atoms with E-state index in [1.807, 2.05) is 6.92 Å². The van der Waals surface area contributed by atoms with Crippen molar-refractivity contribution >= 4 is 16.0 Å². The first-order chi connectivity index (χ1) is 14.0. The van der Waals surface area contributed by atoms with Crippen LogP contribution in [0.2, 0.25) is 0 Å². The number of aliphatic hydroxyl groups excluding tert-OH is 2. The van der Waals surface area contributed by atoms with Crippen molar-refractivity contribution in [3.8, 4) is 0 Å². The van der Waals surface area contributed by atoms with Gasteiger partial charge in [-0.15, -0.1) is 0 Å². The van der Waals surface area contributed by atoms with E-state index in [0.717, 1.165) is 5.56 Å². The summed E-state index contributed by atoms with van der Waals surface area (Å²) >= 11 is 0. The molecule has 1 fully saturated rings. The van der Waals surface area contributed by atoms with Crippen LogP contribution in [0.4, 0.5) is 0 Å². The molecule has 1 saturated heterocycles. The van der Waals surface area contributed by atoms with Gasteiger partial charge in [0.2, 0.25) is 10.0 Å². The number of esters is 1. The summed E-state index contributed by atoms with van der Waals surface area (Å²) in [5.41, 5.74) is -2.23. The quantitative estimate of drug-likeness (QED) is 0.519. The minimum atomic E-state index is -4.23. The summed E-state index contributed by atoms with van der Waals surface area (Å²) in [4.78, 5) is 13.0. The van der Waals surface area contributed by atoms with Crippen molar-refractivity contribution in [1.82, 2.24) is 4.72 Å². The number of sulfonamides is 1. The van der Waals surface area contributed by atoms with Gasteiger partial charge in [0, 0.05) is 0 Å². The van der Waals surface area contributed by atoms with Crippen LogP contribution in [0, 0.1) is 6.92 Å². The van der Waals surface area contributed by atoms with Crippen LogP contribution in [0.3, 0.4) is 0 Å². The number of ether oxygens (including phenoxy) is 3. The monoisotopic (exact) mass is 459 g/mol. The summed E-state index contributed by atoms with van der Waals surface area (Å²) in [7, 11) is -4.23. The summed E-state index contributed by atoms with van der Waals surface area (Å²) in [6.07, 6.45) is -3.91. The molecule has 0 aromatic heterocycles. The van der Waals surface area contributed by atoms with Crippen molar-refractivity contribution < 1.29 is 37.6 Å². The second kappa shape index (κ2) is 8.76. The molecule has 1 aromatic rings. The van der Waals surface area contributed by atoms with E-state index in [2.05, 4.69) is 4.72 Å². The van der Waals surface area contributed by atoms with Crippen LogP contribution in [0.25, 0.3) is 0 Å². The largest absolute Gasteiger partial charge is 0.458 e. The summed E-state index contributed by atoms with van der Waals surface area (Å²) in [6.45, 7) is 10.6. The molecule has 0 saturated carbocycles. The average Bonchev–Trinajstić information content (AvgIpc) is 2.94. The lowest BCUT2D eigenvalue weighted by atomic mass is 9.89. The third kappa shape index (κ3) is 6.03. The first kappa shape index (κ1) is 25.7. The van der Waals surface area contributed by atoms with Crippen LogP contribution < -0.4 is 4.72 Å². The van der Waals surface area contributed by atoms with Crippen LogP contribution in [0.1, 0.15) is 47.1 Å². The van der Waals surface area contributed by atoms with Crippen LogP contribution in [-0.4, -0.2) is 66.4 Å². The van der Waals surface area contributed by atoms with Crippen LogP contribution in [0.15, 0.2) is 29.2 Å². The predicted octanol–water partition coefficient (Wildman–Crippen LogP) is 1.25. The van der Waals surface area contributed by atoms with Gasteiger partial charge < -0.3 is 24.4 Å². The van der Waals surface area contributed by atoms with E-state index in [4.69, 9.17) is 14.2 Å². The fraction of sp³-hybridized carbons (Fsp3) is 0.667. The van der Waals surface area contributed by atoms with Gasteiger partial charge >= 0.3 is 5.97 Å². The first-order valence-electron chi connectivity index (χ1n) is 9.99. The molecule has 3 N–H and O–H groups in total. The molecule has 176 valence electrons. The minimum Gasteiger partial charge on any atom is -0.458 e. The van der Waals surface area contributed by atoms with Gasteiger partial charge in [-0.1, -0.05) is 17.7 Å². The second-order valence-corrected chi connectivity index (χ2v) is 11.1. The molecule has 4 atom stereocenters. The molecule has 0 aliphatic carbocycles. The number of aliphatic hydroxyl groups is 2. The zero-order valence-corrected chi connectivity index (χ0v) is 19.8. The number of nitrogens with one attached hydrogen (secondary N) is 1. The van der Waals surface area contributed by atoms with Crippen LogP contribution >= 0.6 is 0 Å². The highest BCUT2D eigenvalue weighted by Crippen LogP contribution is 2.34. The Labute approximate surface area is 183 Å². The van der Waals surface area contributed by atoms with Crippen molar-refractivity contribution in [1.29, 1.82) is 0 Å². The van der Waals surface area contributed by atoms with Gasteiger partial charge in [-0.2, -0.15) is 4.72 Å². The lowest BCUT2D eigenvalue weighted by Gasteiger charge is -2.38. The normalized spacial score (nSPS) is 24.4. The fourth-order valence-corrected chi connectivity index (χ4v) is 4.64. The SMILES string of the molecule is Cc1ccc(S(=O)(=O)N[C@@](C)(C(=O)OC(C)(C)C)[C@H](O)[C@@H]2OC(C)(C)O[C@H]2CO)cc1. The Kier molecular flexibility index (Phi) is 7.26. The Morgan fingerprint density at radius 3 is 2.23 bits per heavy atom. The van der Waals surface area contributed by atoms with E-state index in [9.17, 15) is 23.4 Å². The maximum Gasteiger partial charge on any atom is 0.330 e. The summed E-state index contributed by atoms with van der Waals surface area (Å²) in [5, 5.41) is 20.9. The molecule has 1 aromatic carbocycles. The number of benzene rings is 1. The molecule has 0 bridgehead atoms. The van der Waals surface area contributed by atoms with E-state index < -0.39 is 57.8 Å². The van der Waals surface area contributed by atoms with Gasteiger partial charge in [-0.25, -0.2) is 13.2 Å². The summed E-state index contributed by atoms with van der Waals surface area (Å²) in [6, 6.07) is 6.03. The van der Waals surface area contributed by atoms with Crippen molar-refractivity contribution in [3.05, 3.63) is 29.8 Å². The molecule has 2 rings (SSSR count). The van der Waals surface area contributed by atoms with E-state index >= 15 is 0 Å². The van der Waals surface area contributed by atoms with Gasteiger partial charge in [-0.3, -0.25) is 0 Å². The molecule has 31 heavy (non-hydrogen) atoms. The lowest BCUT2D eigenvalue weighted by molar-refractivity contribution is -0.179. The standard InChI is InChI=1S/C21H33NO8S/c1-13-8-10-14(11-9-13)31(26,27)22-21(7,18(25)30-19(2,3)4)17(24)16-15(12-23)28-20(5,6)29-16/h8-11,15-17,22-24H,12H2,1-7H3/t15-,16+,17+,21+/m0/s1. The number of hydrogen-bond acceptors (Lipinski definition) is 8. The molecule has 1 aliphatic rings. The van der Waals surface area contributed by atoms with E-state index in [-0.39, 0.29) is 4.90 Å². The van der Waals surface area contributed by atoms with Gasteiger partial charge in [0.05, 0.1) is 11.5 Å². The Bertz CT molecular complexity index is 891. The maximum absolute atomic E-state index is 13.1. The zero-order valence-electron chi connectivity index (χ0n) is 19.0. The Morgan fingerprint density at radius 1 is 1.19 bits per heavy atom. The van der Waals surface area contributed by atoms with Gasteiger partial charge in [-0.05, 0) is 60.6 Å². The van der Waals surface area contributed by atoms with Gasteiger partial charge in [0.1, 0.15) is 23.9 Å². The molecule has 0 radical (unpaired) electrons. The number of carbonyl (C=O) groups excluding carboxylic acids is 1. The minimum absolute atomic E-state index is 0.0808. The Morgan fingerprint density at radius 2 is 1.74 bits per heavy atom. The average molecular weight is 460 g/mol. The van der Waals surface area contributed by atoms with Crippen molar-refractivity contribution in [2.45, 2.75) is 88.6 Å². The highest BCUT2D eigenvalue weighted by molar-refractivity contribution is 7.89. The summed E-state index contributed by atoms with van der Waals surface area (Å²) in [5.74, 6) is -2.14. The number of rotatable bonds is 7. The molecule has 0 spiro atoms. The third-order valence-corrected chi connectivity index (χ3v) is 6.39. The first-order valence-corrected chi connectivity index (χ1v) is 11.5. The molecule has 0 amide bonds. The van der Waals surface area contributed by atoms with Gasteiger partial charge in [0.15, 0.2) is 11.3 Å². The molecule has 1 aliphatic heterocycles. The molecule has 1 heterocycles. The lowest BCUT2D eigenvalue weighted by Crippen LogP contribution is -2.65. The number of carbonyl (C=O) groups is 1. The predicted molar refractivity (Wildman–Crippen MR) is 113 cm³/mol. The van der Waals surface area contributed by atoms with E-state index in [1.165, 1.54) is 19.1 Å². The maximum atomic E-state index is 13.1. The molecule has 10 heteroatoms. The van der Waals surface area contributed by atoms with Crippen molar-refractivity contribution in [3.63, 3.8) is 0 Å². The smallest absolute Gasteiger partial charge is 0.330 e. The fourth-order valence-electron chi connectivity index (χ4n) is 3.26. The Balaban J connectivity index is 2.48. The van der Waals surface area contributed by atoms with Gasteiger partial charge in [0.25, 0.3) is 0 Å². The van der Waals surface area contributed by atoms with Crippen LogP contribution in [0.5, 0.6) is 0 Å². The molecular weight excluding hydrogens is 426 g/mol. The van der Waals surface area contributed by atoms with E-state index in [1.54, 1.807) is 46.8 Å². The molecular formula is C21H33NO8S. The summed E-state index contributed by atoms with van der Waals surface area (Å²) < 4.78 is 45.2. The van der Waals surface area contributed by atoms with Crippen molar-refractivity contribution in [2.24, 2.45) is 0 Å². The topological polar surface area (TPSA) is 131 Å². The Hall–Kier alpha value is -1.56. The highest BCUT2D eigenvalue weighted by atomic mass is 32.2. The highest BCUT2D eigenvalue weighted by Gasteiger charge is 2.55. The second-order valence-electron chi connectivity index (χ2n) is 9.39.